The number of carbonyl (C=O) groups excluding carboxylic acids is 2. The Bertz CT molecular complexity index is 863. The quantitative estimate of drug-likeness (QED) is 0.481. The fraction of sp³-hybridized carbons (Fsp3) is 0.625. The molecule has 0 unspecified atom stereocenters. The number of alkyl carbamates (subject to hydrolysis) is 1. The van der Waals surface area contributed by atoms with Gasteiger partial charge in [0.2, 0.25) is 5.91 Å². The molecule has 0 aromatic heterocycles. The molecule has 3 amide bonds. The molecule has 1 saturated heterocycles. The van der Waals surface area contributed by atoms with Gasteiger partial charge in [-0.15, -0.1) is 0 Å². The molecule has 9 nitrogen and oxygen atoms in total. The number of hydrogen-bond acceptors (Lipinski definition) is 5. The van der Waals surface area contributed by atoms with Gasteiger partial charge in [0.05, 0.1) is 12.1 Å². The van der Waals surface area contributed by atoms with Crippen LogP contribution < -0.4 is 11.1 Å². The van der Waals surface area contributed by atoms with Crippen molar-refractivity contribution in [1.82, 2.24) is 15.1 Å². The summed E-state index contributed by atoms with van der Waals surface area (Å²) in [4.78, 5) is 40.9. The topological polar surface area (TPSA) is 125 Å². The predicted octanol–water partition coefficient (Wildman–Crippen LogP) is 3.08. The molecule has 3 rings (SSSR count). The lowest BCUT2D eigenvalue weighted by atomic mass is 9.85. The highest BCUT2D eigenvalue weighted by Gasteiger charge is 2.44. The van der Waals surface area contributed by atoms with E-state index in [-0.39, 0.29) is 30.6 Å². The Hall–Kier alpha value is -2.59. The number of amides is 3. The minimum absolute atomic E-state index is 0.0884. The highest BCUT2D eigenvalue weighted by molar-refractivity contribution is 6.76. The normalized spacial score (nSPS) is 25.2. The predicted molar refractivity (Wildman–Crippen MR) is 132 cm³/mol. The van der Waals surface area contributed by atoms with Crippen LogP contribution in [0.4, 0.5) is 9.59 Å². The van der Waals surface area contributed by atoms with Crippen molar-refractivity contribution >= 4 is 26.2 Å². The summed E-state index contributed by atoms with van der Waals surface area (Å²) in [5.41, 5.74) is 7.09. The Balaban J connectivity index is 1.64. The maximum atomic E-state index is 13.2. The third kappa shape index (κ3) is 6.96. The second-order valence-corrected chi connectivity index (χ2v) is 16.2. The number of carboxylic acid groups (broad SMARTS) is 1. The molecule has 1 aliphatic heterocycles. The fourth-order valence-corrected chi connectivity index (χ4v) is 5.70. The van der Waals surface area contributed by atoms with Crippen LogP contribution in [-0.4, -0.2) is 78.3 Å². The summed E-state index contributed by atoms with van der Waals surface area (Å²) in [7, 11) is -1.45. The van der Waals surface area contributed by atoms with Gasteiger partial charge in [0.15, 0.2) is 0 Å². The Morgan fingerprint density at radius 2 is 1.91 bits per heavy atom. The van der Waals surface area contributed by atoms with Crippen molar-refractivity contribution in [2.75, 3.05) is 13.1 Å². The van der Waals surface area contributed by atoms with Gasteiger partial charge in [-0.1, -0.05) is 50.0 Å². The molecule has 1 aromatic carbocycles. The minimum atomic E-state index is -1.45. The standard InChI is InChI=1S/C24H38N4O5Si/c1-34(2,3)14-13-28(24(31)32)21-15-18(25)9-10-20(21)27-12-11-19(22(27)29)26-23(30)33-16-17-7-5-4-6-8-17/h4-8,18-21H,9-16,25H2,1-3H3,(H,26,30)(H,31,32)/t18-,19+,20+,21-/m1/s1. The van der Waals surface area contributed by atoms with E-state index in [0.29, 0.717) is 32.4 Å². The van der Waals surface area contributed by atoms with Crippen LogP contribution in [0.2, 0.25) is 25.7 Å². The van der Waals surface area contributed by atoms with Gasteiger partial charge in [0.25, 0.3) is 0 Å². The molecule has 188 valence electrons. The van der Waals surface area contributed by atoms with E-state index in [0.717, 1.165) is 18.0 Å². The number of ether oxygens (including phenoxy) is 1. The van der Waals surface area contributed by atoms with Crippen molar-refractivity contribution in [3.8, 4) is 0 Å². The van der Waals surface area contributed by atoms with E-state index in [2.05, 4.69) is 25.0 Å². The van der Waals surface area contributed by atoms with E-state index < -0.39 is 26.3 Å². The molecule has 1 aliphatic carbocycles. The molecule has 0 bridgehead atoms. The first-order valence-corrected chi connectivity index (χ1v) is 15.8. The lowest BCUT2D eigenvalue weighted by molar-refractivity contribution is -0.133. The zero-order chi connectivity index (χ0) is 24.9. The average Bonchev–Trinajstić information content (AvgIpc) is 3.12. The number of benzene rings is 1. The summed E-state index contributed by atoms with van der Waals surface area (Å²) < 4.78 is 5.27. The first-order chi connectivity index (χ1) is 16.0. The molecule has 34 heavy (non-hydrogen) atoms. The number of likely N-dealkylation sites (tertiary alicyclic amines) is 1. The summed E-state index contributed by atoms with van der Waals surface area (Å²) in [6.07, 6.45) is 0.797. The van der Waals surface area contributed by atoms with Gasteiger partial charge in [-0.3, -0.25) is 4.79 Å². The Morgan fingerprint density at radius 3 is 2.56 bits per heavy atom. The molecule has 4 atom stereocenters. The van der Waals surface area contributed by atoms with Crippen LogP contribution >= 0.6 is 0 Å². The zero-order valence-electron chi connectivity index (χ0n) is 20.4. The van der Waals surface area contributed by atoms with Crippen LogP contribution in [-0.2, 0) is 16.1 Å². The summed E-state index contributed by atoms with van der Waals surface area (Å²) in [6.45, 7) is 7.70. The average molecular weight is 491 g/mol. The largest absolute Gasteiger partial charge is 0.465 e. The second kappa shape index (κ2) is 11.2. The van der Waals surface area contributed by atoms with Crippen molar-refractivity contribution in [3.05, 3.63) is 35.9 Å². The molecular weight excluding hydrogens is 452 g/mol. The Labute approximate surface area is 202 Å². The molecule has 1 heterocycles. The SMILES string of the molecule is C[Si](C)(C)CCN(C(=O)O)[C@@H]1C[C@H](N)CC[C@@H]1N1CC[C@H](NC(=O)OCc2ccccc2)C1=O. The number of carbonyl (C=O) groups is 3. The molecule has 1 saturated carbocycles. The van der Waals surface area contributed by atoms with Crippen LogP contribution in [0.15, 0.2) is 30.3 Å². The summed E-state index contributed by atoms with van der Waals surface area (Å²) >= 11 is 0. The molecular formula is C24H38N4O5Si. The van der Waals surface area contributed by atoms with Crippen LogP contribution in [0.5, 0.6) is 0 Å². The molecule has 2 aliphatic rings. The van der Waals surface area contributed by atoms with Crippen molar-refractivity contribution in [3.63, 3.8) is 0 Å². The smallest absolute Gasteiger partial charge is 0.408 e. The molecule has 10 heteroatoms. The number of rotatable bonds is 8. The van der Waals surface area contributed by atoms with Crippen molar-refractivity contribution in [1.29, 1.82) is 0 Å². The lowest BCUT2D eigenvalue weighted by Gasteiger charge is -2.45. The van der Waals surface area contributed by atoms with Gasteiger partial charge in [-0.05, 0) is 37.3 Å². The van der Waals surface area contributed by atoms with Gasteiger partial charge in [0, 0.05) is 27.2 Å². The van der Waals surface area contributed by atoms with Gasteiger partial charge in [-0.2, -0.15) is 0 Å². The number of nitrogens with one attached hydrogen (secondary N) is 1. The summed E-state index contributed by atoms with van der Waals surface area (Å²) in [5, 5.41) is 12.7. The zero-order valence-corrected chi connectivity index (χ0v) is 21.4. The van der Waals surface area contributed by atoms with Crippen LogP contribution in [0.1, 0.15) is 31.2 Å². The first-order valence-electron chi connectivity index (χ1n) is 12.1. The van der Waals surface area contributed by atoms with E-state index in [1.54, 1.807) is 4.90 Å². The van der Waals surface area contributed by atoms with Gasteiger partial charge >= 0.3 is 12.2 Å². The maximum absolute atomic E-state index is 13.2. The van der Waals surface area contributed by atoms with E-state index >= 15 is 0 Å². The van der Waals surface area contributed by atoms with Gasteiger partial charge in [-0.25, -0.2) is 9.59 Å². The fourth-order valence-electron chi connectivity index (χ4n) is 4.79. The highest BCUT2D eigenvalue weighted by Crippen LogP contribution is 2.31. The van der Waals surface area contributed by atoms with Crippen LogP contribution in [0, 0.1) is 0 Å². The molecule has 0 radical (unpaired) electrons. The van der Waals surface area contributed by atoms with E-state index in [1.807, 2.05) is 30.3 Å². The van der Waals surface area contributed by atoms with Crippen molar-refractivity contribution < 1.29 is 24.2 Å². The number of nitrogens with two attached hydrogens (primary N) is 1. The van der Waals surface area contributed by atoms with Crippen LogP contribution in [0.3, 0.4) is 0 Å². The molecule has 2 fully saturated rings. The summed E-state index contributed by atoms with van der Waals surface area (Å²) in [6, 6.07) is 8.86. The minimum Gasteiger partial charge on any atom is -0.465 e. The number of hydrogen-bond donors (Lipinski definition) is 3. The third-order valence-corrected chi connectivity index (χ3v) is 8.44. The second-order valence-electron chi connectivity index (χ2n) is 10.6. The first kappa shape index (κ1) is 26.0. The summed E-state index contributed by atoms with van der Waals surface area (Å²) in [5.74, 6) is -0.183. The van der Waals surface area contributed by atoms with Crippen molar-refractivity contribution in [2.24, 2.45) is 5.73 Å². The molecule has 1 aromatic rings. The highest BCUT2D eigenvalue weighted by atomic mass is 28.3. The van der Waals surface area contributed by atoms with E-state index in [9.17, 15) is 19.5 Å². The maximum Gasteiger partial charge on any atom is 0.408 e. The lowest BCUT2D eigenvalue weighted by Crippen LogP contribution is -2.59. The molecule has 0 spiro atoms. The Morgan fingerprint density at radius 1 is 1.21 bits per heavy atom. The third-order valence-electron chi connectivity index (χ3n) is 6.72. The number of nitrogens with zero attached hydrogens (tertiary/aromatic N) is 2. The monoisotopic (exact) mass is 490 g/mol. The van der Waals surface area contributed by atoms with Gasteiger partial charge < -0.3 is 30.7 Å². The van der Waals surface area contributed by atoms with Crippen molar-refractivity contribution in [2.45, 2.75) is 82.1 Å². The Kier molecular flexibility index (Phi) is 8.59. The van der Waals surface area contributed by atoms with E-state index in [1.165, 1.54) is 4.90 Å². The molecule has 4 N–H and O–H groups in total. The van der Waals surface area contributed by atoms with E-state index in [4.69, 9.17) is 10.5 Å². The van der Waals surface area contributed by atoms with Gasteiger partial charge in [0.1, 0.15) is 12.6 Å². The van der Waals surface area contributed by atoms with Crippen LogP contribution in [0.25, 0.3) is 0 Å².